The first-order valence-corrected chi connectivity index (χ1v) is 7.84. The summed E-state index contributed by atoms with van der Waals surface area (Å²) >= 11 is 0. The predicted molar refractivity (Wildman–Crippen MR) is 86.0 cm³/mol. The number of likely N-dealkylation sites (tertiary alicyclic amines) is 1. The number of benzene rings is 1. The van der Waals surface area contributed by atoms with E-state index in [1.165, 1.54) is 5.56 Å². The number of carbonyl (C=O) groups excluding carboxylic acids is 2. The lowest BCUT2D eigenvalue weighted by Crippen LogP contribution is -2.45. The molecule has 1 fully saturated rings. The van der Waals surface area contributed by atoms with E-state index in [0.29, 0.717) is 32.5 Å². The van der Waals surface area contributed by atoms with Crippen LogP contribution in [0.15, 0.2) is 24.3 Å². The maximum absolute atomic E-state index is 12.3. The minimum Gasteiger partial charge on any atom is -0.354 e. The quantitative estimate of drug-likeness (QED) is 0.829. The Hall–Kier alpha value is -1.88. The number of rotatable bonds is 6. The summed E-state index contributed by atoms with van der Waals surface area (Å²) in [5.74, 6) is 0.220. The smallest absolute Gasteiger partial charge is 0.242 e. The van der Waals surface area contributed by atoms with Crippen LogP contribution in [0.3, 0.4) is 0 Å². The van der Waals surface area contributed by atoms with E-state index < -0.39 is 0 Å². The first-order valence-electron chi connectivity index (χ1n) is 7.84. The molecule has 0 radical (unpaired) electrons. The maximum Gasteiger partial charge on any atom is 0.242 e. The van der Waals surface area contributed by atoms with Gasteiger partial charge >= 0.3 is 0 Å². The number of nitrogens with zero attached hydrogens (tertiary/aromatic N) is 1. The predicted octanol–water partition coefficient (Wildman–Crippen LogP) is 1.20. The highest BCUT2D eigenvalue weighted by Crippen LogP contribution is 2.22. The SMILES string of the molecule is Cc1ccc(CN2C(=O)CCC2C(=O)NCC(C)CN)cc1. The molecule has 1 heterocycles. The van der Waals surface area contributed by atoms with Gasteiger partial charge < -0.3 is 16.0 Å². The van der Waals surface area contributed by atoms with Crippen LogP contribution in [0.1, 0.15) is 30.9 Å². The Bertz CT molecular complexity index is 527. The van der Waals surface area contributed by atoms with E-state index in [2.05, 4.69) is 5.32 Å². The highest BCUT2D eigenvalue weighted by atomic mass is 16.2. The van der Waals surface area contributed by atoms with Crippen molar-refractivity contribution in [2.45, 2.75) is 39.3 Å². The summed E-state index contributed by atoms with van der Waals surface area (Å²) < 4.78 is 0. The molecule has 2 unspecified atom stereocenters. The zero-order valence-corrected chi connectivity index (χ0v) is 13.3. The van der Waals surface area contributed by atoms with E-state index in [1.54, 1.807) is 4.90 Å². The second kappa shape index (κ2) is 7.40. The van der Waals surface area contributed by atoms with E-state index in [9.17, 15) is 9.59 Å². The molecule has 1 aliphatic rings. The summed E-state index contributed by atoms with van der Waals surface area (Å²) in [5.41, 5.74) is 7.79. The highest BCUT2D eigenvalue weighted by Gasteiger charge is 2.35. The molecule has 0 aliphatic carbocycles. The van der Waals surface area contributed by atoms with Crippen molar-refractivity contribution in [1.82, 2.24) is 10.2 Å². The number of nitrogens with one attached hydrogen (secondary N) is 1. The van der Waals surface area contributed by atoms with E-state index >= 15 is 0 Å². The molecule has 22 heavy (non-hydrogen) atoms. The lowest BCUT2D eigenvalue weighted by Gasteiger charge is -2.24. The van der Waals surface area contributed by atoms with Gasteiger partial charge in [0.1, 0.15) is 6.04 Å². The van der Waals surface area contributed by atoms with E-state index in [0.717, 1.165) is 5.56 Å². The number of nitrogens with two attached hydrogens (primary N) is 1. The van der Waals surface area contributed by atoms with Crippen molar-refractivity contribution in [3.05, 3.63) is 35.4 Å². The molecule has 0 spiro atoms. The number of hydrogen-bond donors (Lipinski definition) is 2. The Morgan fingerprint density at radius 3 is 2.73 bits per heavy atom. The monoisotopic (exact) mass is 303 g/mol. The second-order valence-corrected chi connectivity index (χ2v) is 6.15. The lowest BCUT2D eigenvalue weighted by molar-refractivity contribution is -0.135. The van der Waals surface area contributed by atoms with Crippen LogP contribution in [-0.4, -0.2) is 35.8 Å². The molecule has 1 aromatic carbocycles. The van der Waals surface area contributed by atoms with Gasteiger partial charge in [-0.1, -0.05) is 36.8 Å². The van der Waals surface area contributed by atoms with Crippen LogP contribution in [0, 0.1) is 12.8 Å². The van der Waals surface area contributed by atoms with Gasteiger partial charge in [-0.3, -0.25) is 9.59 Å². The lowest BCUT2D eigenvalue weighted by atomic mass is 10.1. The zero-order chi connectivity index (χ0) is 16.1. The zero-order valence-electron chi connectivity index (χ0n) is 13.3. The number of aryl methyl sites for hydroxylation is 1. The molecule has 5 nitrogen and oxygen atoms in total. The van der Waals surface area contributed by atoms with Crippen molar-refractivity contribution >= 4 is 11.8 Å². The second-order valence-electron chi connectivity index (χ2n) is 6.15. The first kappa shape index (κ1) is 16.5. The third-order valence-electron chi connectivity index (χ3n) is 4.13. The summed E-state index contributed by atoms with van der Waals surface area (Å²) in [6.07, 6.45) is 1.03. The van der Waals surface area contributed by atoms with Crippen LogP contribution >= 0.6 is 0 Å². The molecule has 1 saturated heterocycles. The number of amides is 2. The third-order valence-corrected chi connectivity index (χ3v) is 4.13. The fraction of sp³-hybridized carbons (Fsp3) is 0.529. The van der Waals surface area contributed by atoms with Gasteiger partial charge in [-0.15, -0.1) is 0 Å². The molecule has 1 aromatic rings. The molecule has 5 heteroatoms. The van der Waals surface area contributed by atoms with Crippen LogP contribution < -0.4 is 11.1 Å². The summed E-state index contributed by atoms with van der Waals surface area (Å²) in [7, 11) is 0. The molecule has 1 aliphatic heterocycles. The van der Waals surface area contributed by atoms with Crippen molar-refractivity contribution < 1.29 is 9.59 Å². The summed E-state index contributed by atoms with van der Waals surface area (Å²) in [6.45, 7) is 5.60. The fourth-order valence-corrected chi connectivity index (χ4v) is 2.57. The third kappa shape index (κ3) is 4.07. The van der Waals surface area contributed by atoms with Crippen molar-refractivity contribution in [3.63, 3.8) is 0 Å². The molecule has 0 bridgehead atoms. The molecule has 2 atom stereocenters. The Kier molecular flexibility index (Phi) is 5.55. The Balaban J connectivity index is 1.99. The van der Waals surface area contributed by atoms with Gasteiger partial charge in [-0.2, -0.15) is 0 Å². The molecular weight excluding hydrogens is 278 g/mol. The van der Waals surface area contributed by atoms with Gasteiger partial charge in [0.05, 0.1) is 0 Å². The summed E-state index contributed by atoms with van der Waals surface area (Å²) in [4.78, 5) is 26.1. The number of hydrogen-bond acceptors (Lipinski definition) is 3. The molecule has 120 valence electrons. The maximum atomic E-state index is 12.3. The van der Waals surface area contributed by atoms with E-state index in [1.807, 2.05) is 38.1 Å². The normalized spacial score (nSPS) is 19.3. The van der Waals surface area contributed by atoms with Crippen molar-refractivity contribution in [2.24, 2.45) is 11.7 Å². The molecule has 3 N–H and O–H groups in total. The fourth-order valence-electron chi connectivity index (χ4n) is 2.57. The van der Waals surface area contributed by atoms with Crippen molar-refractivity contribution in [1.29, 1.82) is 0 Å². The van der Waals surface area contributed by atoms with E-state index in [-0.39, 0.29) is 23.8 Å². The van der Waals surface area contributed by atoms with Crippen LogP contribution in [0.5, 0.6) is 0 Å². The van der Waals surface area contributed by atoms with Crippen LogP contribution in [-0.2, 0) is 16.1 Å². The van der Waals surface area contributed by atoms with E-state index in [4.69, 9.17) is 5.73 Å². The van der Waals surface area contributed by atoms with Crippen LogP contribution in [0.2, 0.25) is 0 Å². The molecule has 0 saturated carbocycles. The average molecular weight is 303 g/mol. The highest BCUT2D eigenvalue weighted by molar-refractivity contribution is 5.90. The molecule has 2 amide bonds. The van der Waals surface area contributed by atoms with Crippen molar-refractivity contribution in [3.8, 4) is 0 Å². The summed E-state index contributed by atoms with van der Waals surface area (Å²) in [6, 6.07) is 7.69. The summed E-state index contributed by atoms with van der Waals surface area (Å²) in [5, 5.41) is 2.91. The Labute approximate surface area is 131 Å². The minimum atomic E-state index is -0.362. The van der Waals surface area contributed by atoms with Crippen LogP contribution in [0.25, 0.3) is 0 Å². The Morgan fingerprint density at radius 1 is 1.41 bits per heavy atom. The van der Waals surface area contributed by atoms with Gasteiger partial charge in [-0.05, 0) is 31.4 Å². The molecule has 2 rings (SSSR count). The molecular formula is C17H25N3O2. The van der Waals surface area contributed by atoms with Crippen molar-refractivity contribution in [2.75, 3.05) is 13.1 Å². The topological polar surface area (TPSA) is 75.4 Å². The largest absolute Gasteiger partial charge is 0.354 e. The Morgan fingerprint density at radius 2 is 2.09 bits per heavy atom. The molecule has 0 aromatic heterocycles. The standard InChI is InChI=1S/C17H25N3O2/c1-12-3-5-14(6-4-12)11-20-15(7-8-16(20)21)17(22)19-10-13(2)9-18/h3-6,13,15H,7-11,18H2,1-2H3,(H,19,22). The van der Waals surface area contributed by atoms with Gasteiger partial charge in [0.15, 0.2) is 0 Å². The first-order chi connectivity index (χ1) is 10.5. The van der Waals surface area contributed by atoms with Gasteiger partial charge in [0, 0.05) is 19.5 Å². The van der Waals surface area contributed by atoms with Crippen LogP contribution in [0.4, 0.5) is 0 Å². The van der Waals surface area contributed by atoms with Gasteiger partial charge in [0.25, 0.3) is 0 Å². The van der Waals surface area contributed by atoms with Gasteiger partial charge in [-0.25, -0.2) is 0 Å². The average Bonchev–Trinajstić information content (AvgIpc) is 2.88. The van der Waals surface area contributed by atoms with Gasteiger partial charge in [0.2, 0.25) is 11.8 Å². The number of carbonyl (C=O) groups is 2. The minimum absolute atomic E-state index is 0.0487.